The van der Waals surface area contributed by atoms with Crippen LogP contribution in [-0.2, 0) is 13.0 Å². The summed E-state index contributed by atoms with van der Waals surface area (Å²) in [5, 5.41) is 3.56. The molecule has 18 heavy (non-hydrogen) atoms. The molecule has 2 rings (SSSR count). The number of nitrogens with zero attached hydrogens (tertiary/aromatic N) is 1. The van der Waals surface area contributed by atoms with Gasteiger partial charge < -0.3 is 5.32 Å². The van der Waals surface area contributed by atoms with E-state index in [2.05, 4.69) is 48.3 Å². The van der Waals surface area contributed by atoms with Gasteiger partial charge in [-0.1, -0.05) is 38.1 Å². The summed E-state index contributed by atoms with van der Waals surface area (Å²) in [7, 11) is 0. The molecule has 0 amide bonds. The monoisotopic (exact) mass is 246 g/mol. The molecule has 1 aromatic rings. The lowest BCUT2D eigenvalue weighted by atomic mass is 10.0. The number of hydrogen-bond donors (Lipinski definition) is 1. The van der Waals surface area contributed by atoms with Gasteiger partial charge in [-0.2, -0.15) is 0 Å². The van der Waals surface area contributed by atoms with E-state index in [1.807, 2.05) is 0 Å². The number of rotatable bonds is 6. The van der Waals surface area contributed by atoms with Crippen molar-refractivity contribution < 1.29 is 0 Å². The van der Waals surface area contributed by atoms with Gasteiger partial charge in [0.2, 0.25) is 0 Å². The van der Waals surface area contributed by atoms with Crippen LogP contribution in [0, 0.1) is 0 Å². The Morgan fingerprint density at radius 3 is 2.33 bits per heavy atom. The van der Waals surface area contributed by atoms with Crippen molar-refractivity contribution in [1.29, 1.82) is 0 Å². The minimum atomic E-state index is 0.707. The number of hydrogen-bond acceptors (Lipinski definition) is 2. The molecule has 0 spiro atoms. The van der Waals surface area contributed by atoms with Crippen LogP contribution in [0.15, 0.2) is 24.3 Å². The van der Waals surface area contributed by atoms with Crippen molar-refractivity contribution >= 4 is 0 Å². The van der Waals surface area contributed by atoms with Gasteiger partial charge in [-0.3, -0.25) is 4.90 Å². The van der Waals surface area contributed by atoms with Gasteiger partial charge >= 0.3 is 0 Å². The fourth-order valence-electron chi connectivity index (χ4n) is 2.70. The summed E-state index contributed by atoms with van der Waals surface area (Å²) in [6.45, 7) is 8.99. The van der Waals surface area contributed by atoms with Gasteiger partial charge in [0.25, 0.3) is 0 Å². The molecule has 1 aromatic carbocycles. The summed E-state index contributed by atoms with van der Waals surface area (Å²) in [6.07, 6.45) is 3.86. The zero-order valence-corrected chi connectivity index (χ0v) is 11.8. The highest BCUT2D eigenvalue weighted by Gasteiger charge is 2.14. The molecule has 1 aliphatic heterocycles. The second kappa shape index (κ2) is 6.91. The number of benzene rings is 1. The van der Waals surface area contributed by atoms with E-state index in [1.165, 1.54) is 36.9 Å². The van der Waals surface area contributed by atoms with E-state index in [0.717, 1.165) is 19.6 Å². The van der Waals surface area contributed by atoms with Crippen LogP contribution in [0.4, 0.5) is 0 Å². The van der Waals surface area contributed by atoms with E-state index in [0.29, 0.717) is 6.04 Å². The Morgan fingerprint density at radius 2 is 1.78 bits per heavy atom. The Bertz CT molecular complexity index is 312. The minimum absolute atomic E-state index is 0.707. The van der Waals surface area contributed by atoms with E-state index in [4.69, 9.17) is 0 Å². The zero-order chi connectivity index (χ0) is 12.8. The molecule has 2 nitrogen and oxygen atoms in total. The van der Waals surface area contributed by atoms with E-state index >= 15 is 0 Å². The molecule has 1 fully saturated rings. The third-order valence-corrected chi connectivity index (χ3v) is 3.97. The molecule has 1 aliphatic rings. The van der Waals surface area contributed by atoms with Gasteiger partial charge in [0, 0.05) is 12.6 Å². The normalized spacial score (nSPS) is 19.6. The lowest BCUT2D eigenvalue weighted by Gasteiger charge is -2.18. The van der Waals surface area contributed by atoms with Crippen molar-refractivity contribution in [3.63, 3.8) is 0 Å². The van der Waals surface area contributed by atoms with Crippen molar-refractivity contribution in [3.05, 3.63) is 35.4 Å². The molecule has 1 N–H and O–H groups in total. The third kappa shape index (κ3) is 3.82. The Hall–Kier alpha value is -0.860. The second-order valence-corrected chi connectivity index (χ2v) is 5.28. The molecule has 1 saturated heterocycles. The van der Waals surface area contributed by atoms with Gasteiger partial charge in [0.1, 0.15) is 0 Å². The van der Waals surface area contributed by atoms with Crippen molar-refractivity contribution in [1.82, 2.24) is 10.2 Å². The molecule has 1 heterocycles. The molecule has 0 aromatic heterocycles. The quantitative estimate of drug-likeness (QED) is 0.830. The maximum atomic E-state index is 3.56. The fraction of sp³-hybridized carbons (Fsp3) is 0.625. The average molecular weight is 246 g/mol. The smallest absolute Gasteiger partial charge is 0.0233 e. The van der Waals surface area contributed by atoms with Crippen LogP contribution in [0.3, 0.4) is 0 Å². The van der Waals surface area contributed by atoms with Crippen LogP contribution in [0.25, 0.3) is 0 Å². The van der Waals surface area contributed by atoms with Crippen LogP contribution in [0.2, 0.25) is 0 Å². The summed E-state index contributed by atoms with van der Waals surface area (Å²) in [6, 6.07) is 9.90. The molecular formula is C16H26N2. The predicted molar refractivity (Wildman–Crippen MR) is 77.8 cm³/mol. The van der Waals surface area contributed by atoms with Gasteiger partial charge in [-0.15, -0.1) is 0 Å². The van der Waals surface area contributed by atoms with E-state index < -0.39 is 0 Å². The van der Waals surface area contributed by atoms with E-state index in [-0.39, 0.29) is 0 Å². The van der Waals surface area contributed by atoms with Crippen molar-refractivity contribution in [2.45, 2.75) is 45.7 Å². The molecular weight excluding hydrogens is 220 g/mol. The molecule has 0 radical (unpaired) electrons. The first-order chi connectivity index (χ1) is 8.81. The Kier molecular flexibility index (Phi) is 5.21. The predicted octanol–water partition coefficient (Wildman–Crippen LogP) is 2.82. The van der Waals surface area contributed by atoms with Crippen LogP contribution in [-0.4, -0.2) is 30.6 Å². The Labute approximate surface area is 111 Å². The number of nitrogens with one attached hydrogen (secondary N) is 1. The van der Waals surface area contributed by atoms with Crippen LogP contribution < -0.4 is 5.32 Å². The topological polar surface area (TPSA) is 15.3 Å². The lowest BCUT2D eigenvalue weighted by molar-refractivity contribution is 0.296. The molecule has 0 aliphatic carbocycles. The third-order valence-electron chi connectivity index (χ3n) is 3.97. The summed E-state index contributed by atoms with van der Waals surface area (Å²) in [4.78, 5) is 2.45. The second-order valence-electron chi connectivity index (χ2n) is 5.28. The zero-order valence-electron chi connectivity index (χ0n) is 11.8. The lowest BCUT2D eigenvalue weighted by Crippen LogP contribution is -2.23. The van der Waals surface area contributed by atoms with Crippen LogP contribution >= 0.6 is 0 Å². The van der Waals surface area contributed by atoms with Crippen LogP contribution in [0.1, 0.15) is 37.8 Å². The van der Waals surface area contributed by atoms with Crippen LogP contribution in [0.5, 0.6) is 0 Å². The molecule has 100 valence electrons. The van der Waals surface area contributed by atoms with Gasteiger partial charge in [0.05, 0.1) is 0 Å². The van der Waals surface area contributed by atoms with Gasteiger partial charge in [-0.25, -0.2) is 0 Å². The fourth-order valence-corrected chi connectivity index (χ4v) is 2.70. The summed E-state index contributed by atoms with van der Waals surface area (Å²) in [5.41, 5.74) is 2.90. The highest BCUT2D eigenvalue weighted by Crippen LogP contribution is 2.13. The molecule has 0 saturated carbocycles. The molecule has 1 atom stereocenters. The molecule has 1 unspecified atom stereocenters. The first-order valence-corrected chi connectivity index (χ1v) is 7.35. The molecule has 0 bridgehead atoms. The Morgan fingerprint density at radius 1 is 1.11 bits per heavy atom. The van der Waals surface area contributed by atoms with E-state index in [9.17, 15) is 0 Å². The molecule has 2 heteroatoms. The summed E-state index contributed by atoms with van der Waals surface area (Å²) >= 11 is 0. The van der Waals surface area contributed by atoms with Crippen molar-refractivity contribution in [2.75, 3.05) is 19.6 Å². The first-order valence-electron chi connectivity index (χ1n) is 7.35. The average Bonchev–Trinajstić information content (AvgIpc) is 2.91. The minimum Gasteiger partial charge on any atom is -0.314 e. The van der Waals surface area contributed by atoms with E-state index in [1.54, 1.807) is 0 Å². The van der Waals surface area contributed by atoms with Crippen molar-refractivity contribution in [2.24, 2.45) is 0 Å². The highest BCUT2D eigenvalue weighted by molar-refractivity contribution is 5.23. The largest absolute Gasteiger partial charge is 0.314 e. The standard InChI is InChI=1S/C16H26N2/c1-3-18(4-2)13-15-9-7-14(8-10-15)12-16-6-5-11-17-16/h7-10,16-17H,3-6,11-13H2,1-2H3. The maximum Gasteiger partial charge on any atom is 0.0233 e. The Balaban J connectivity index is 1.88. The summed E-state index contributed by atoms with van der Waals surface area (Å²) < 4.78 is 0. The van der Waals surface area contributed by atoms with Gasteiger partial charge in [0.15, 0.2) is 0 Å². The van der Waals surface area contributed by atoms with Crippen molar-refractivity contribution in [3.8, 4) is 0 Å². The summed E-state index contributed by atoms with van der Waals surface area (Å²) in [5.74, 6) is 0. The highest BCUT2D eigenvalue weighted by atomic mass is 15.1. The van der Waals surface area contributed by atoms with Gasteiger partial charge in [-0.05, 0) is 50.0 Å². The SMILES string of the molecule is CCN(CC)Cc1ccc(CC2CCCN2)cc1. The maximum absolute atomic E-state index is 3.56. The first kappa shape index (κ1) is 13.6.